The highest BCUT2D eigenvalue weighted by molar-refractivity contribution is 6.35. The summed E-state index contributed by atoms with van der Waals surface area (Å²) in [5.74, 6) is -0.414. The minimum absolute atomic E-state index is 0.304. The molecule has 4 rings (SSSR count). The van der Waals surface area contributed by atoms with E-state index in [1.807, 2.05) is 18.3 Å². The second kappa shape index (κ2) is 6.24. The average molecular weight is 376 g/mol. The Labute approximate surface area is 154 Å². The molecule has 0 aliphatic carbocycles. The largest absolute Gasteiger partial charge is 0.461 e. The van der Waals surface area contributed by atoms with Crippen LogP contribution in [0.1, 0.15) is 23.0 Å². The molecule has 25 heavy (non-hydrogen) atoms. The fourth-order valence-electron chi connectivity index (χ4n) is 3.20. The molecule has 1 aromatic carbocycles. The maximum absolute atomic E-state index is 12.4. The Hall–Kier alpha value is -2.24. The van der Waals surface area contributed by atoms with Crippen LogP contribution in [0.4, 0.5) is 0 Å². The predicted octanol–water partition coefficient (Wildman–Crippen LogP) is 4.38. The Morgan fingerprint density at radius 3 is 2.92 bits per heavy atom. The Kier molecular flexibility index (Phi) is 4.06. The van der Waals surface area contributed by atoms with E-state index >= 15 is 0 Å². The van der Waals surface area contributed by atoms with Gasteiger partial charge in [0.05, 0.1) is 28.7 Å². The molecule has 0 saturated heterocycles. The number of hydrogen-bond donors (Lipinski definition) is 0. The molecule has 7 heteroatoms. The van der Waals surface area contributed by atoms with Crippen molar-refractivity contribution in [1.29, 1.82) is 0 Å². The number of carbonyl (C=O) groups excluding carboxylic acids is 1. The van der Waals surface area contributed by atoms with Gasteiger partial charge in [0, 0.05) is 23.3 Å². The maximum Gasteiger partial charge on any atom is 0.359 e. The third-order valence-corrected chi connectivity index (χ3v) is 4.80. The maximum atomic E-state index is 12.4. The Morgan fingerprint density at radius 1 is 1.32 bits per heavy atom. The normalized spacial score (nSPS) is 12.6. The van der Waals surface area contributed by atoms with E-state index in [9.17, 15) is 4.79 Å². The van der Waals surface area contributed by atoms with Gasteiger partial charge in [0.1, 0.15) is 0 Å². The van der Waals surface area contributed by atoms with E-state index in [4.69, 9.17) is 27.9 Å². The van der Waals surface area contributed by atoms with Gasteiger partial charge in [-0.2, -0.15) is 5.10 Å². The van der Waals surface area contributed by atoms with Crippen molar-refractivity contribution in [3.63, 3.8) is 0 Å². The number of ether oxygens (including phenoxy) is 1. The zero-order chi connectivity index (χ0) is 17.6. The van der Waals surface area contributed by atoms with Gasteiger partial charge in [-0.25, -0.2) is 9.48 Å². The summed E-state index contributed by atoms with van der Waals surface area (Å²) in [6.07, 6.45) is 2.72. The minimum atomic E-state index is -0.414. The summed E-state index contributed by atoms with van der Waals surface area (Å²) in [5.41, 5.74) is 3.76. The quantitative estimate of drug-likeness (QED) is 0.638. The summed E-state index contributed by atoms with van der Waals surface area (Å²) in [4.78, 5) is 12.4. The van der Waals surface area contributed by atoms with Crippen LogP contribution in [0.2, 0.25) is 10.0 Å². The Bertz CT molecular complexity index is 975. The van der Waals surface area contributed by atoms with Crippen LogP contribution in [0.5, 0.6) is 0 Å². The van der Waals surface area contributed by atoms with E-state index in [-0.39, 0.29) is 0 Å². The number of rotatable bonds is 3. The van der Waals surface area contributed by atoms with Gasteiger partial charge in [0.25, 0.3) is 0 Å². The molecule has 0 unspecified atom stereocenters. The molecule has 5 nitrogen and oxygen atoms in total. The van der Waals surface area contributed by atoms with E-state index in [1.165, 1.54) is 0 Å². The fourth-order valence-corrected chi connectivity index (χ4v) is 3.69. The van der Waals surface area contributed by atoms with Gasteiger partial charge >= 0.3 is 5.97 Å². The van der Waals surface area contributed by atoms with E-state index in [2.05, 4.69) is 9.67 Å². The SMILES string of the molecule is CCOC(=O)c1nn(-c2ccc(Cl)cc2Cl)c2c1CCn1cccc1-2. The van der Waals surface area contributed by atoms with Crippen molar-refractivity contribution in [2.45, 2.75) is 19.9 Å². The lowest BCUT2D eigenvalue weighted by Crippen LogP contribution is -2.13. The van der Waals surface area contributed by atoms with Crippen molar-refractivity contribution in [2.24, 2.45) is 0 Å². The Balaban J connectivity index is 1.97. The molecule has 0 amide bonds. The van der Waals surface area contributed by atoms with Crippen LogP contribution in [0.3, 0.4) is 0 Å². The first-order valence-electron chi connectivity index (χ1n) is 8.00. The van der Waals surface area contributed by atoms with Crippen LogP contribution in [-0.2, 0) is 17.7 Å². The minimum Gasteiger partial charge on any atom is -0.461 e. The van der Waals surface area contributed by atoms with Crippen molar-refractivity contribution in [1.82, 2.24) is 14.3 Å². The van der Waals surface area contributed by atoms with Crippen LogP contribution in [0.15, 0.2) is 36.5 Å². The van der Waals surface area contributed by atoms with Crippen LogP contribution >= 0.6 is 23.2 Å². The number of fused-ring (bicyclic) bond motifs is 3. The average Bonchev–Trinajstić information content (AvgIpc) is 3.18. The van der Waals surface area contributed by atoms with E-state index in [0.29, 0.717) is 34.5 Å². The molecule has 0 atom stereocenters. The third-order valence-electron chi connectivity index (χ3n) is 4.27. The number of carbonyl (C=O) groups is 1. The van der Waals surface area contributed by atoms with Crippen molar-refractivity contribution in [3.8, 4) is 17.1 Å². The van der Waals surface area contributed by atoms with Gasteiger partial charge in [-0.15, -0.1) is 0 Å². The number of hydrogen-bond acceptors (Lipinski definition) is 3. The van der Waals surface area contributed by atoms with Crippen molar-refractivity contribution in [3.05, 3.63) is 57.8 Å². The number of aromatic nitrogens is 3. The highest BCUT2D eigenvalue weighted by Gasteiger charge is 2.30. The monoisotopic (exact) mass is 375 g/mol. The lowest BCUT2D eigenvalue weighted by atomic mass is 10.0. The van der Waals surface area contributed by atoms with Crippen molar-refractivity contribution >= 4 is 29.2 Å². The molecular formula is C18H15Cl2N3O2. The number of benzene rings is 1. The zero-order valence-corrected chi connectivity index (χ0v) is 15.0. The molecule has 0 spiro atoms. The molecule has 1 aliphatic heterocycles. The highest BCUT2D eigenvalue weighted by Crippen LogP contribution is 2.36. The second-order valence-corrected chi connectivity index (χ2v) is 6.58. The summed E-state index contributed by atoms with van der Waals surface area (Å²) in [7, 11) is 0. The molecule has 0 N–H and O–H groups in total. The summed E-state index contributed by atoms with van der Waals surface area (Å²) in [6, 6.07) is 9.21. The van der Waals surface area contributed by atoms with Crippen molar-refractivity contribution < 1.29 is 9.53 Å². The van der Waals surface area contributed by atoms with Gasteiger partial charge in [0.2, 0.25) is 0 Å². The van der Waals surface area contributed by atoms with Crippen LogP contribution in [0, 0.1) is 0 Å². The zero-order valence-electron chi connectivity index (χ0n) is 13.5. The standard InChI is InChI=1S/C18H15Cl2N3O2/c1-2-25-18(24)16-12-7-9-22-8-3-4-15(22)17(12)23(21-16)14-6-5-11(19)10-13(14)20/h3-6,8,10H,2,7,9H2,1H3. The molecule has 3 heterocycles. The van der Waals surface area contributed by atoms with Crippen LogP contribution in [-0.4, -0.2) is 26.9 Å². The smallest absolute Gasteiger partial charge is 0.359 e. The van der Waals surface area contributed by atoms with Gasteiger partial charge in [0.15, 0.2) is 5.69 Å². The molecule has 3 aromatic rings. The first kappa shape index (κ1) is 16.2. The fraction of sp³-hybridized carbons (Fsp3) is 0.222. The summed E-state index contributed by atoms with van der Waals surface area (Å²) in [6.45, 7) is 2.88. The number of nitrogens with zero attached hydrogens (tertiary/aromatic N) is 3. The van der Waals surface area contributed by atoms with Gasteiger partial charge < -0.3 is 9.30 Å². The van der Waals surface area contributed by atoms with Crippen LogP contribution < -0.4 is 0 Å². The number of halogens is 2. The lowest BCUT2D eigenvalue weighted by molar-refractivity contribution is 0.0517. The lowest BCUT2D eigenvalue weighted by Gasteiger charge is -2.18. The number of esters is 1. The summed E-state index contributed by atoms with van der Waals surface area (Å²) < 4.78 is 9.04. The van der Waals surface area contributed by atoms with Crippen LogP contribution in [0.25, 0.3) is 17.1 Å². The molecule has 1 aliphatic rings. The number of aryl methyl sites for hydroxylation is 1. The molecule has 2 aromatic heterocycles. The molecule has 0 saturated carbocycles. The third kappa shape index (κ3) is 2.64. The first-order chi connectivity index (χ1) is 12.1. The van der Waals surface area contributed by atoms with E-state index in [0.717, 1.165) is 23.5 Å². The topological polar surface area (TPSA) is 49.0 Å². The van der Waals surface area contributed by atoms with Crippen molar-refractivity contribution in [2.75, 3.05) is 6.61 Å². The Morgan fingerprint density at radius 2 is 2.16 bits per heavy atom. The predicted molar refractivity (Wildman–Crippen MR) is 96.7 cm³/mol. The molecular weight excluding hydrogens is 361 g/mol. The summed E-state index contributed by atoms with van der Waals surface area (Å²) >= 11 is 12.4. The van der Waals surface area contributed by atoms with E-state index in [1.54, 1.807) is 29.8 Å². The molecule has 0 radical (unpaired) electrons. The van der Waals surface area contributed by atoms with Gasteiger partial charge in [-0.1, -0.05) is 23.2 Å². The molecule has 0 bridgehead atoms. The van der Waals surface area contributed by atoms with Gasteiger partial charge in [-0.3, -0.25) is 0 Å². The molecule has 128 valence electrons. The highest BCUT2D eigenvalue weighted by atomic mass is 35.5. The molecule has 0 fully saturated rings. The van der Waals surface area contributed by atoms with E-state index < -0.39 is 5.97 Å². The summed E-state index contributed by atoms with van der Waals surface area (Å²) in [5, 5.41) is 5.57. The van der Waals surface area contributed by atoms with Gasteiger partial charge in [-0.05, 0) is 43.7 Å². The first-order valence-corrected chi connectivity index (χ1v) is 8.75. The second-order valence-electron chi connectivity index (χ2n) is 5.74.